The molecule has 0 spiro atoms. The quantitative estimate of drug-likeness (QED) is 0.408. The van der Waals surface area contributed by atoms with Gasteiger partial charge in [-0.15, -0.1) is 0 Å². The first-order valence-corrected chi connectivity index (χ1v) is 12.8. The fourth-order valence-corrected chi connectivity index (χ4v) is 4.39. The van der Waals surface area contributed by atoms with Crippen molar-refractivity contribution in [1.29, 1.82) is 0 Å². The molecule has 1 aliphatic carbocycles. The van der Waals surface area contributed by atoms with Gasteiger partial charge in [0.2, 0.25) is 0 Å². The fourth-order valence-electron chi connectivity index (χ4n) is 4.39. The monoisotopic (exact) mass is 517 g/mol. The number of hydrogen-bond acceptors (Lipinski definition) is 8. The molecule has 1 saturated carbocycles. The maximum atomic E-state index is 13.5. The number of ether oxygens (including phenoxy) is 3. The third-order valence-corrected chi connectivity index (χ3v) is 6.74. The molecular formula is C27H39N3O7. The summed E-state index contributed by atoms with van der Waals surface area (Å²) in [6.45, 7) is 5.77. The van der Waals surface area contributed by atoms with Crippen molar-refractivity contribution in [1.82, 2.24) is 9.80 Å². The minimum absolute atomic E-state index is 0.173. The topological polar surface area (TPSA) is 106 Å². The maximum Gasteiger partial charge on any atom is 0.329 e. The lowest BCUT2D eigenvalue weighted by molar-refractivity contribution is -0.168. The van der Waals surface area contributed by atoms with Crippen LogP contribution >= 0.6 is 0 Å². The zero-order valence-corrected chi connectivity index (χ0v) is 22.5. The van der Waals surface area contributed by atoms with Crippen molar-refractivity contribution in [2.24, 2.45) is 5.92 Å². The van der Waals surface area contributed by atoms with Gasteiger partial charge in [-0.25, -0.2) is 4.79 Å². The number of rotatable bonds is 11. The zero-order valence-electron chi connectivity index (χ0n) is 22.5. The van der Waals surface area contributed by atoms with E-state index in [1.54, 1.807) is 14.1 Å². The lowest BCUT2D eigenvalue weighted by atomic mass is 10.0. The molecule has 2 amide bonds. The SMILES string of the molecule is CC(=O)O[C@H](Cc1ccc(N2CCOCC2)cc1)C(=O)N(C)[C@@H](CC1CC1)C(=O)O[C@H](C)C(=O)N(C)C. The summed E-state index contributed by atoms with van der Waals surface area (Å²) in [7, 11) is 4.69. The van der Waals surface area contributed by atoms with Gasteiger partial charge in [0.15, 0.2) is 12.2 Å². The summed E-state index contributed by atoms with van der Waals surface area (Å²) in [6.07, 6.45) is 0.494. The third-order valence-electron chi connectivity index (χ3n) is 6.74. The number of benzene rings is 1. The molecule has 3 rings (SSSR count). The highest BCUT2D eigenvalue weighted by Crippen LogP contribution is 2.35. The average molecular weight is 518 g/mol. The van der Waals surface area contributed by atoms with Crippen LogP contribution in [0.15, 0.2) is 24.3 Å². The summed E-state index contributed by atoms with van der Waals surface area (Å²) in [6, 6.07) is 6.92. The smallest absolute Gasteiger partial charge is 0.329 e. The van der Waals surface area contributed by atoms with E-state index in [0.29, 0.717) is 25.6 Å². The molecule has 1 aromatic carbocycles. The van der Waals surface area contributed by atoms with E-state index in [0.717, 1.165) is 37.2 Å². The molecular weight excluding hydrogens is 478 g/mol. The summed E-state index contributed by atoms with van der Waals surface area (Å²) in [5.41, 5.74) is 1.89. The lowest BCUT2D eigenvalue weighted by Crippen LogP contribution is -2.50. The molecule has 1 saturated heterocycles. The summed E-state index contributed by atoms with van der Waals surface area (Å²) in [5.74, 6) is -1.73. The molecule has 10 nitrogen and oxygen atoms in total. The van der Waals surface area contributed by atoms with Gasteiger partial charge >= 0.3 is 11.9 Å². The standard InChI is InChI=1S/C27H39N3O7/c1-18(25(32)28(3)4)36-27(34)23(16-20-6-7-20)29(5)26(33)24(37-19(2)31)17-21-8-10-22(11-9-21)30-12-14-35-15-13-30/h8-11,18,20,23-24H,6-7,12-17H2,1-5H3/t18-,23+,24-/m1/s1. The second kappa shape index (κ2) is 12.9. The van der Waals surface area contributed by atoms with Crippen molar-refractivity contribution in [3.8, 4) is 0 Å². The summed E-state index contributed by atoms with van der Waals surface area (Å²) in [4.78, 5) is 55.5. The van der Waals surface area contributed by atoms with Gasteiger partial charge in [0.25, 0.3) is 11.8 Å². The van der Waals surface area contributed by atoms with Crippen molar-refractivity contribution < 1.29 is 33.4 Å². The molecule has 0 aromatic heterocycles. The number of anilines is 1. The first-order chi connectivity index (χ1) is 17.6. The van der Waals surface area contributed by atoms with Gasteiger partial charge in [-0.1, -0.05) is 25.0 Å². The van der Waals surface area contributed by atoms with Crippen LogP contribution in [0.2, 0.25) is 0 Å². The number of nitrogens with zero attached hydrogens (tertiary/aromatic N) is 3. The minimum atomic E-state index is -1.09. The van der Waals surface area contributed by atoms with Crippen molar-refractivity contribution in [3.63, 3.8) is 0 Å². The maximum absolute atomic E-state index is 13.5. The molecule has 1 heterocycles. The summed E-state index contributed by atoms with van der Waals surface area (Å²) < 4.78 is 16.3. The second-order valence-corrected chi connectivity index (χ2v) is 10.0. The van der Waals surface area contributed by atoms with Gasteiger partial charge in [-0.05, 0) is 37.0 Å². The number of amides is 2. The van der Waals surface area contributed by atoms with E-state index < -0.39 is 36.1 Å². The Kier molecular flexibility index (Phi) is 9.91. The number of carbonyl (C=O) groups excluding carboxylic acids is 4. The van der Waals surface area contributed by atoms with Crippen molar-refractivity contribution in [2.45, 2.75) is 57.8 Å². The van der Waals surface area contributed by atoms with Crippen LogP contribution in [0.3, 0.4) is 0 Å². The van der Waals surface area contributed by atoms with Gasteiger partial charge < -0.3 is 28.9 Å². The van der Waals surface area contributed by atoms with E-state index in [2.05, 4.69) is 4.90 Å². The molecule has 10 heteroatoms. The Morgan fingerprint density at radius 1 is 1.00 bits per heavy atom. The molecule has 3 atom stereocenters. The van der Waals surface area contributed by atoms with Crippen molar-refractivity contribution >= 4 is 29.4 Å². The van der Waals surface area contributed by atoms with Crippen LogP contribution in [0.1, 0.15) is 38.7 Å². The van der Waals surface area contributed by atoms with Gasteiger partial charge in [0.05, 0.1) is 13.2 Å². The fraction of sp³-hybridized carbons (Fsp3) is 0.630. The highest BCUT2D eigenvalue weighted by molar-refractivity contribution is 5.90. The molecule has 0 N–H and O–H groups in total. The molecule has 2 fully saturated rings. The molecule has 37 heavy (non-hydrogen) atoms. The highest BCUT2D eigenvalue weighted by Gasteiger charge is 2.39. The molecule has 2 aliphatic rings. The normalized spacial score (nSPS) is 17.8. The van der Waals surface area contributed by atoms with Gasteiger partial charge in [0.1, 0.15) is 6.04 Å². The van der Waals surface area contributed by atoms with E-state index in [4.69, 9.17) is 14.2 Å². The molecule has 1 aromatic rings. The molecule has 1 aliphatic heterocycles. The molecule has 0 bridgehead atoms. The Hall–Kier alpha value is -3.14. The van der Waals surface area contributed by atoms with Crippen LogP contribution < -0.4 is 4.90 Å². The van der Waals surface area contributed by atoms with Crippen LogP contribution in [0, 0.1) is 5.92 Å². The van der Waals surface area contributed by atoms with Crippen LogP contribution in [0.4, 0.5) is 5.69 Å². The Bertz CT molecular complexity index is 955. The predicted octanol–water partition coefficient (Wildman–Crippen LogP) is 1.64. The lowest BCUT2D eigenvalue weighted by Gasteiger charge is -2.31. The minimum Gasteiger partial charge on any atom is -0.452 e. The number of morpholine rings is 1. The number of likely N-dealkylation sites (N-methyl/N-ethyl adjacent to an activating group) is 2. The van der Waals surface area contributed by atoms with Gasteiger partial charge in [0, 0.05) is 53.3 Å². The van der Waals surface area contributed by atoms with E-state index in [1.807, 2.05) is 24.3 Å². The van der Waals surface area contributed by atoms with E-state index in [9.17, 15) is 19.2 Å². The van der Waals surface area contributed by atoms with Crippen LogP contribution in [-0.4, -0.2) is 99.2 Å². The third kappa shape index (κ3) is 8.18. The Labute approximate surface area is 218 Å². The highest BCUT2D eigenvalue weighted by atomic mass is 16.6. The number of esters is 2. The predicted molar refractivity (Wildman–Crippen MR) is 137 cm³/mol. The molecule has 0 unspecified atom stereocenters. The summed E-state index contributed by atoms with van der Waals surface area (Å²) in [5, 5.41) is 0. The van der Waals surface area contributed by atoms with E-state index >= 15 is 0 Å². The van der Waals surface area contributed by atoms with Crippen molar-refractivity contribution in [3.05, 3.63) is 29.8 Å². The van der Waals surface area contributed by atoms with Crippen LogP contribution in [0.25, 0.3) is 0 Å². The first kappa shape index (κ1) is 28.4. The van der Waals surface area contributed by atoms with E-state index in [1.165, 1.54) is 30.7 Å². The molecule has 204 valence electrons. The molecule has 0 radical (unpaired) electrons. The van der Waals surface area contributed by atoms with E-state index in [-0.39, 0.29) is 12.3 Å². The van der Waals surface area contributed by atoms with Gasteiger partial charge in [-0.2, -0.15) is 0 Å². The number of carbonyl (C=O) groups is 4. The zero-order chi connectivity index (χ0) is 27.1. The Morgan fingerprint density at radius 2 is 1.62 bits per heavy atom. The van der Waals surface area contributed by atoms with Crippen LogP contribution in [-0.2, 0) is 39.8 Å². The number of hydrogen-bond donors (Lipinski definition) is 0. The summed E-state index contributed by atoms with van der Waals surface area (Å²) >= 11 is 0. The van der Waals surface area contributed by atoms with Crippen molar-refractivity contribution in [2.75, 3.05) is 52.3 Å². The van der Waals surface area contributed by atoms with Crippen LogP contribution in [0.5, 0.6) is 0 Å². The Morgan fingerprint density at radius 3 is 2.16 bits per heavy atom. The van der Waals surface area contributed by atoms with Gasteiger partial charge in [-0.3, -0.25) is 14.4 Å². The average Bonchev–Trinajstić information content (AvgIpc) is 3.70. The second-order valence-electron chi connectivity index (χ2n) is 10.0. The largest absolute Gasteiger partial charge is 0.452 e. The Balaban J connectivity index is 1.72. The first-order valence-electron chi connectivity index (χ1n) is 12.8.